The summed E-state index contributed by atoms with van der Waals surface area (Å²) in [5.41, 5.74) is 5.75. The first-order valence-corrected chi connectivity index (χ1v) is 6.44. The van der Waals surface area contributed by atoms with E-state index in [4.69, 9.17) is 22.4 Å². The van der Waals surface area contributed by atoms with Crippen LogP contribution < -0.4 is 5.73 Å². The third kappa shape index (κ3) is 4.17. The fourth-order valence-corrected chi connectivity index (χ4v) is 2.38. The smallest absolute Gasteiger partial charge is 0.321 e. The van der Waals surface area contributed by atoms with Crippen molar-refractivity contribution in [1.82, 2.24) is 0 Å². The number of thioether (sulfide) groups is 1. The molecule has 1 rings (SSSR count). The molecular weight excluding hydrogens is 280 g/mol. The molecule has 0 amide bonds. The molecule has 0 saturated carbocycles. The molecule has 1 aromatic rings. The van der Waals surface area contributed by atoms with E-state index in [0.29, 0.717) is 10.6 Å². The quantitative estimate of drug-likeness (QED) is 0.612. The number of nitro groups is 1. The normalized spacial score (nSPS) is 12.1. The zero-order valence-corrected chi connectivity index (χ0v) is 10.8. The average Bonchev–Trinajstić information content (AvgIpc) is 2.28. The van der Waals surface area contributed by atoms with E-state index in [-0.39, 0.29) is 17.2 Å². The van der Waals surface area contributed by atoms with E-state index in [1.165, 1.54) is 30.0 Å². The van der Waals surface area contributed by atoms with E-state index in [1.807, 2.05) is 0 Å². The van der Waals surface area contributed by atoms with Crippen molar-refractivity contribution >= 4 is 35.0 Å². The molecule has 0 spiro atoms. The van der Waals surface area contributed by atoms with Gasteiger partial charge < -0.3 is 10.8 Å². The minimum absolute atomic E-state index is 0.0317. The molecule has 0 radical (unpaired) electrons. The molecule has 0 saturated heterocycles. The fraction of sp³-hybridized carbons (Fsp3) is 0.300. The number of halogens is 1. The molecular formula is C10H11ClN2O4S. The lowest BCUT2D eigenvalue weighted by atomic mass is 10.2. The van der Waals surface area contributed by atoms with Crippen molar-refractivity contribution in [2.45, 2.75) is 11.8 Å². The third-order valence-electron chi connectivity index (χ3n) is 2.11. The summed E-state index contributed by atoms with van der Waals surface area (Å²) in [7, 11) is 0. The Hall–Kier alpha value is -1.31. The molecule has 0 unspecified atom stereocenters. The summed E-state index contributed by atoms with van der Waals surface area (Å²) in [5, 5.41) is 19.8. The number of benzene rings is 1. The number of hydrogen-bond donors (Lipinski definition) is 2. The number of nitrogens with zero attached hydrogens (tertiary/aromatic N) is 1. The van der Waals surface area contributed by atoms with Crippen LogP contribution in [0, 0.1) is 10.1 Å². The standard InChI is InChI=1S/C10H11ClN2O4S/c11-7-1-2-9(13(16)17)6(3-7)4-18-5-8(12)10(14)15/h1-3,8H,4-5,12H2,(H,14,15)/t8-/m0/s1. The van der Waals surface area contributed by atoms with Gasteiger partial charge in [0.1, 0.15) is 6.04 Å². The van der Waals surface area contributed by atoms with Gasteiger partial charge in [-0.1, -0.05) is 11.6 Å². The second-order valence-corrected chi connectivity index (χ2v) is 4.96. The Kier molecular flexibility index (Phi) is 5.39. The lowest BCUT2D eigenvalue weighted by Crippen LogP contribution is -2.32. The predicted octanol–water partition coefficient (Wildman–Crippen LogP) is 1.89. The summed E-state index contributed by atoms with van der Waals surface area (Å²) in [5.74, 6) is -0.625. The average molecular weight is 291 g/mol. The van der Waals surface area contributed by atoms with Crippen molar-refractivity contribution < 1.29 is 14.8 Å². The van der Waals surface area contributed by atoms with Gasteiger partial charge in [-0.15, -0.1) is 0 Å². The molecule has 0 aliphatic rings. The van der Waals surface area contributed by atoms with E-state index < -0.39 is 16.9 Å². The molecule has 1 aromatic carbocycles. The number of nitrogens with two attached hydrogens (primary N) is 1. The lowest BCUT2D eigenvalue weighted by Gasteiger charge is -2.06. The Morgan fingerprint density at radius 2 is 2.28 bits per heavy atom. The van der Waals surface area contributed by atoms with Crippen molar-refractivity contribution in [2.75, 3.05) is 5.75 Å². The van der Waals surface area contributed by atoms with Crippen molar-refractivity contribution in [1.29, 1.82) is 0 Å². The number of carbonyl (C=O) groups is 1. The molecule has 8 heteroatoms. The van der Waals surface area contributed by atoms with Crippen LogP contribution in [0.3, 0.4) is 0 Å². The first kappa shape index (κ1) is 14.7. The van der Waals surface area contributed by atoms with E-state index in [9.17, 15) is 14.9 Å². The van der Waals surface area contributed by atoms with E-state index in [2.05, 4.69) is 0 Å². The van der Waals surface area contributed by atoms with Gasteiger partial charge in [0.2, 0.25) is 0 Å². The minimum atomic E-state index is -1.09. The van der Waals surface area contributed by atoms with Gasteiger partial charge >= 0.3 is 5.97 Å². The van der Waals surface area contributed by atoms with Gasteiger partial charge in [0.05, 0.1) is 4.92 Å². The van der Waals surface area contributed by atoms with Crippen molar-refractivity contribution in [3.05, 3.63) is 38.9 Å². The van der Waals surface area contributed by atoms with Gasteiger partial charge in [-0.25, -0.2) is 0 Å². The topological polar surface area (TPSA) is 106 Å². The molecule has 3 N–H and O–H groups in total. The van der Waals surface area contributed by atoms with Crippen molar-refractivity contribution in [3.63, 3.8) is 0 Å². The molecule has 18 heavy (non-hydrogen) atoms. The Morgan fingerprint density at radius 1 is 1.61 bits per heavy atom. The van der Waals surface area contributed by atoms with Crippen LogP contribution >= 0.6 is 23.4 Å². The Labute approximate surface area is 112 Å². The number of aliphatic carboxylic acids is 1. The molecule has 0 bridgehead atoms. The zero-order chi connectivity index (χ0) is 13.7. The van der Waals surface area contributed by atoms with E-state index in [1.54, 1.807) is 0 Å². The second-order valence-electron chi connectivity index (χ2n) is 3.49. The van der Waals surface area contributed by atoms with Crippen LogP contribution in [0.1, 0.15) is 5.56 Å². The minimum Gasteiger partial charge on any atom is -0.480 e. The fourth-order valence-electron chi connectivity index (χ4n) is 1.21. The maximum Gasteiger partial charge on any atom is 0.321 e. The number of carboxylic acid groups (broad SMARTS) is 1. The highest BCUT2D eigenvalue weighted by molar-refractivity contribution is 7.98. The summed E-state index contributed by atoms with van der Waals surface area (Å²) >= 11 is 6.98. The zero-order valence-electron chi connectivity index (χ0n) is 9.21. The van der Waals surface area contributed by atoms with Crippen LogP contribution in [0.5, 0.6) is 0 Å². The summed E-state index contributed by atoms with van der Waals surface area (Å²) in [6, 6.07) is 3.29. The number of nitro benzene ring substituents is 1. The maximum absolute atomic E-state index is 10.8. The van der Waals surface area contributed by atoms with E-state index in [0.717, 1.165) is 0 Å². The molecule has 1 atom stereocenters. The third-order valence-corrected chi connectivity index (χ3v) is 3.46. The highest BCUT2D eigenvalue weighted by Crippen LogP contribution is 2.26. The molecule has 98 valence electrons. The Balaban J connectivity index is 2.69. The molecule has 0 aliphatic heterocycles. The summed E-state index contributed by atoms with van der Waals surface area (Å²) in [6.45, 7) is 0. The number of rotatable bonds is 6. The van der Waals surface area contributed by atoms with Gasteiger partial charge in [0.15, 0.2) is 0 Å². The van der Waals surface area contributed by atoms with Crippen molar-refractivity contribution in [2.24, 2.45) is 5.73 Å². The van der Waals surface area contributed by atoms with Gasteiger partial charge in [0, 0.05) is 28.2 Å². The first-order valence-electron chi connectivity index (χ1n) is 4.90. The summed E-state index contributed by atoms with van der Waals surface area (Å²) < 4.78 is 0. The first-order chi connectivity index (χ1) is 8.41. The number of hydrogen-bond acceptors (Lipinski definition) is 5. The number of carboxylic acids is 1. The van der Waals surface area contributed by atoms with Crippen LogP contribution in [-0.4, -0.2) is 27.8 Å². The molecule has 0 aromatic heterocycles. The van der Waals surface area contributed by atoms with Crippen LogP contribution in [0.2, 0.25) is 5.02 Å². The van der Waals surface area contributed by atoms with Gasteiger partial charge in [0.25, 0.3) is 5.69 Å². The highest BCUT2D eigenvalue weighted by atomic mass is 35.5. The van der Waals surface area contributed by atoms with Crippen molar-refractivity contribution in [3.8, 4) is 0 Å². The Morgan fingerprint density at radius 3 is 2.83 bits per heavy atom. The van der Waals surface area contributed by atoms with Gasteiger partial charge in [-0.05, 0) is 12.1 Å². The molecule has 0 aliphatic carbocycles. The molecule has 6 nitrogen and oxygen atoms in total. The van der Waals surface area contributed by atoms with Gasteiger partial charge in [-0.2, -0.15) is 11.8 Å². The monoisotopic (exact) mass is 290 g/mol. The van der Waals surface area contributed by atoms with Gasteiger partial charge in [-0.3, -0.25) is 14.9 Å². The Bertz CT molecular complexity index is 469. The van der Waals surface area contributed by atoms with Crippen LogP contribution in [0.25, 0.3) is 0 Å². The van der Waals surface area contributed by atoms with Crippen LogP contribution in [0.15, 0.2) is 18.2 Å². The largest absolute Gasteiger partial charge is 0.480 e. The molecule has 0 heterocycles. The maximum atomic E-state index is 10.8. The molecule has 0 fully saturated rings. The summed E-state index contributed by atoms with van der Waals surface area (Å²) in [6.07, 6.45) is 0. The SMILES string of the molecule is N[C@@H](CSCc1cc(Cl)ccc1[N+](=O)[O-])C(=O)O. The predicted molar refractivity (Wildman–Crippen MR) is 69.9 cm³/mol. The van der Waals surface area contributed by atoms with Crippen LogP contribution in [-0.2, 0) is 10.5 Å². The van der Waals surface area contributed by atoms with E-state index >= 15 is 0 Å². The highest BCUT2D eigenvalue weighted by Gasteiger charge is 2.16. The summed E-state index contributed by atoms with van der Waals surface area (Å²) in [4.78, 5) is 20.8. The lowest BCUT2D eigenvalue weighted by molar-refractivity contribution is -0.385. The van der Waals surface area contributed by atoms with Crippen LogP contribution in [0.4, 0.5) is 5.69 Å². The second kappa shape index (κ2) is 6.58.